The molecule has 0 saturated carbocycles. The second-order valence-corrected chi connectivity index (χ2v) is 5.31. The average Bonchev–Trinajstić information content (AvgIpc) is 2.57. The van der Waals surface area contributed by atoms with Crippen LogP contribution in [0.25, 0.3) is 0 Å². The van der Waals surface area contributed by atoms with Crippen molar-refractivity contribution in [3.05, 3.63) is 28.3 Å². The fraction of sp³-hybridized carbons (Fsp3) is 0.500. The maximum absolute atomic E-state index is 11.1. The number of hydrogen-bond donors (Lipinski definition) is 1. The third kappa shape index (κ3) is 2.18. The number of nitrogen functional groups attached to an aromatic ring is 1. The summed E-state index contributed by atoms with van der Waals surface area (Å²) in [6.07, 6.45) is 1.04. The molecule has 1 aromatic rings. The smallest absolute Gasteiger partial charge is 0.315 e. The summed E-state index contributed by atoms with van der Waals surface area (Å²) in [5.74, 6) is 0. The van der Waals surface area contributed by atoms with Gasteiger partial charge in [-0.3, -0.25) is 10.1 Å². The second-order valence-electron chi connectivity index (χ2n) is 5.31. The van der Waals surface area contributed by atoms with Crippen LogP contribution in [-0.2, 0) is 0 Å². The van der Waals surface area contributed by atoms with Gasteiger partial charge < -0.3 is 10.6 Å². The first-order valence-electron chi connectivity index (χ1n) is 5.68. The standard InChI is InChI=1S/C12H17N3O2/c1-12(2)6-7-14(8-12)10-5-3-4-9(13)11(10)15(16)17/h3-5H,6-8,13H2,1-2H3. The molecule has 2 rings (SSSR count). The zero-order valence-electron chi connectivity index (χ0n) is 10.1. The fourth-order valence-electron chi connectivity index (χ4n) is 2.32. The Morgan fingerprint density at radius 3 is 2.71 bits per heavy atom. The van der Waals surface area contributed by atoms with E-state index in [9.17, 15) is 10.1 Å². The molecule has 1 saturated heterocycles. The zero-order valence-corrected chi connectivity index (χ0v) is 10.1. The minimum absolute atomic E-state index is 0.0326. The lowest BCUT2D eigenvalue weighted by Gasteiger charge is -2.21. The number of rotatable bonds is 2. The van der Waals surface area contributed by atoms with Crippen LogP contribution in [0, 0.1) is 15.5 Å². The van der Waals surface area contributed by atoms with Gasteiger partial charge in [-0.2, -0.15) is 0 Å². The van der Waals surface area contributed by atoms with Crippen LogP contribution in [0.5, 0.6) is 0 Å². The van der Waals surface area contributed by atoms with E-state index in [1.54, 1.807) is 18.2 Å². The first-order chi connectivity index (χ1) is 7.91. The Morgan fingerprint density at radius 1 is 1.47 bits per heavy atom. The molecule has 0 aromatic heterocycles. The lowest BCUT2D eigenvalue weighted by Crippen LogP contribution is -2.23. The molecule has 0 aliphatic carbocycles. The Morgan fingerprint density at radius 2 is 2.18 bits per heavy atom. The van der Waals surface area contributed by atoms with Crippen molar-refractivity contribution in [3.8, 4) is 0 Å². The third-order valence-corrected chi connectivity index (χ3v) is 3.25. The van der Waals surface area contributed by atoms with Crippen molar-refractivity contribution in [1.82, 2.24) is 0 Å². The van der Waals surface area contributed by atoms with Gasteiger partial charge in [-0.25, -0.2) is 0 Å². The first-order valence-corrected chi connectivity index (χ1v) is 5.68. The van der Waals surface area contributed by atoms with Crippen molar-refractivity contribution in [2.24, 2.45) is 5.41 Å². The number of para-hydroxylation sites is 1. The molecule has 5 nitrogen and oxygen atoms in total. The van der Waals surface area contributed by atoms with Crippen LogP contribution in [0.2, 0.25) is 0 Å². The van der Waals surface area contributed by atoms with Gasteiger partial charge in [-0.1, -0.05) is 19.9 Å². The summed E-state index contributed by atoms with van der Waals surface area (Å²) in [4.78, 5) is 12.7. The molecule has 17 heavy (non-hydrogen) atoms. The predicted molar refractivity (Wildman–Crippen MR) is 68.1 cm³/mol. The number of nitro groups is 1. The number of nitrogens with zero attached hydrogens (tertiary/aromatic N) is 2. The highest BCUT2D eigenvalue weighted by Gasteiger charge is 2.33. The number of nitro benzene ring substituents is 1. The lowest BCUT2D eigenvalue weighted by atomic mass is 9.93. The van der Waals surface area contributed by atoms with Gasteiger partial charge in [0.25, 0.3) is 0 Å². The summed E-state index contributed by atoms with van der Waals surface area (Å²) in [6.45, 7) is 6.02. The second kappa shape index (κ2) is 3.91. The van der Waals surface area contributed by atoms with E-state index in [1.807, 2.05) is 0 Å². The number of benzene rings is 1. The number of nitrogens with two attached hydrogens (primary N) is 1. The van der Waals surface area contributed by atoms with Crippen LogP contribution in [-0.4, -0.2) is 18.0 Å². The van der Waals surface area contributed by atoms with E-state index in [4.69, 9.17) is 5.73 Å². The van der Waals surface area contributed by atoms with Crippen LogP contribution < -0.4 is 10.6 Å². The van der Waals surface area contributed by atoms with Crippen molar-refractivity contribution in [2.45, 2.75) is 20.3 Å². The van der Waals surface area contributed by atoms with E-state index in [1.165, 1.54) is 0 Å². The number of hydrogen-bond acceptors (Lipinski definition) is 4. The van der Waals surface area contributed by atoms with Gasteiger partial charge in [0, 0.05) is 13.1 Å². The Kier molecular flexibility index (Phi) is 2.69. The molecule has 0 unspecified atom stereocenters. The monoisotopic (exact) mass is 235 g/mol. The molecule has 0 amide bonds. The summed E-state index contributed by atoms with van der Waals surface area (Å²) in [5, 5.41) is 11.1. The molecule has 5 heteroatoms. The summed E-state index contributed by atoms with van der Waals surface area (Å²) in [5.41, 5.74) is 6.80. The average molecular weight is 235 g/mol. The Balaban J connectivity index is 2.40. The van der Waals surface area contributed by atoms with Crippen molar-refractivity contribution in [1.29, 1.82) is 0 Å². The Hall–Kier alpha value is -1.78. The van der Waals surface area contributed by atoms with E-state index >= 15 is 0 Å². The molecule has 0 spiro atoms. The Labute approximate surface area is 100 Å². The molecule has 1 aliphatic heterocycles. The normalized spacial score (nSPS) is 18.4. The summed E-state index contributed by atoms with van der Waals surface area (Å²) >= 11 is 0. The van der Waals surface area contributed by atoms with E-state index in [2.05, 4.69) is 18.7 Å². The highest BCUT2D eigenvalue weighted by molar-refractivity contribution is 5.75. The molecule has 1 fully saturated rings. The van der Waals surface area contributed by atoms with Crippen LogP contribution in [0.4, 0.5) is 17.1 Å². The van der Waals surface area contributed by atoms with Crippen molar-refractivity contribution < 1.29 is 4.92 Å². The molecular formula is C12H17N3O2. The maximum Gasteiger partial charge on any atom is 0.315 e. The van der Waals surface area contributed by atoms with Gasteiger partial charge in [-0.15, -0.1) is 0 Å². The minimum atomic E-state index is -0.393. The lowest BCUT2D eigenvalue weighted by molar-refractivity contribution is -0.383. The summed E-state index contributed by atoms with van der Waals surface area (Å²) in [7, 11) is 0. The Bertz CT molecular complexity index is 457. The highest BCUT2D eigenvalue weighted by atomic mass is 16.6. The van der Waals surface area contributed by atoms with Gasteiger partial charge in [0.1, 0.15) is 11.4 Å². The highest BCUT2D eigenvalue weighted by Crippen LogP contribution is 2.39. The van der Waals surface area contributed by atoms with Crippen LogP contribution in [0.3, 0.4) is 0 Å². The zero-order chi connectivity index (χ0) is 12.6. The SMILES string of the molecule is CC1(C)CCN(c2cccc(N)c2[N+](=O)[O-])C1. The van der Waals surface area contributed by atoms with Crippen LogP contribution >= 0.6 is 0 Å². The first kappa shape index (κ1) is 11.7. The predicted octanol–water partition coefficient (Wildman–Crippen LogP) is 2.41. The molecule has 1 aliphatic rings. The molecular weight excluding hydrogens is 218 g/mol. The van der Waals surface area contributed by atoms with Gasteiger partial charge in [-0.05, 0) is 24.0 Å². The maximum atomic E-state index is 11.1. The minimum Gasteiger partial charge on any atom is -0.393 e. The van der Waals surface area contributed by atoms with Crippen molar-refractivity contribution in [2.75, 3.05) is 23.7 Å². The molecule has 1 heterocycles. The molecule has 2 N–H and O–H groups in total. The van der Waals surface area contributed by atoms with E-state index < -0.39 is 4.92 Å². The molecule has 1 aromatic carbocycles. The topological polar surface area (TPSA) is 72.4 Å². The van der Waals surface area contributed by atoms with Crippen LogP contribution in [0.1, 0.15) is 20.3 Å². The molecule has 0 atom stereocenters. The van der Waals surface area contributed by atoms with Crippen molar-refractivity contribution >= 4 is 17.1 Å². The third-order valence-electron chi connectivity index (χ3n) is 3.25. The van der Waals surface area contributed by atoms with E-state index in [-0.39, 0.29) is 16.8 Å². The fourth-order valence-corrected chi connectivity index (χ4v) is 2.32. The van der Waals surface area contributed by atoms with Gasteiger partial charge in [0.2, 0.25) is 0 Å². The van der Waals surface area contributed by atoms with Crippen LogP contribution in [0.15, 0.2) is 18.2 Å². The van der Waals surface area contributed by atoms with Crippen molar-refractivity contribution in [3.63, 3.8) is 0 Å². The molecule has 0 radical (unpaired) electrons. The summed E-state index contributed by atoms with van der Waals surface area (Å²) in [6, 6.07) is 5.11. The molecule has 92 valence electrons. The largest absolute Gasteiger partial charge is 0.393 e. The quantitative estimate of drug-likeness (QED) is 0.485. The van der Waals surface area contributed by atoms with Gasteiger partial charge in [0.15, 0.2) is 0 Å². The molecule has 0 bridgehead atoms. The number of anilines is 2. The van der Waals surface area contributed by atoms with E-state index in [0.29, 0.717) is 5.69 Å². The van der Waals surface area contributed by atoms with Gasteiger partial charge >= 0.3 is 5.69 Å². The summed E-state index contributed by atoms with van der Waals surface area (Å²) < 4.78 is 0. The van der Waals surface area contributed by atoms with Gasteiger partial charge in [0.05, 0.1) is 4.92 Å². The van der Waals surface area contributed by atoms with E-state index in [0.717, 1.165) is 19.5 Å².